The quantitative estimate of drug-likeness (QED) is 0.889. The molecule has 1 saturated heterocycles. The largest absolute Gasteiger partial charge is 0.314 e. The minimum absolute atomic E-state index is 0.123. The summed E-state index contributed by atoms with van der Waals surface area (Å²) in [7, 11) is 0. The van der Waals surface area contributed by atoms with E-state index in [0.717, 1.165) is 25.2 Å². The smallest absolute Gasteiger partial charge is 0.123 e. The first-order valence-corrected chi connectivity index (χ1v) is 7.94. The van der Waals surface area contributed by atoms with E-state index < -0.39 is 0 Å². The fourth-order valence-electron chi connectivity index (χ4n) is 4.08. The molecule has 1 saturated carbocycles. The maximum Gasteiger partial charge on any atom is 0.123 e. The average Bonchev–Trinajstić information content (AvgIpc) is 2.48. The van der Waals surface area contributed by atoms with Crippen molar-refractivity contribution in [2.24, 2.45) is 0 Å². The number of nitrogens with one attached hydrogen (secondary N) is 1. The van der Waals surface area contributed by atoms with Crippen molar-refractivity contribution >= 4 is 0 Å². The number of nitrogens with zero attached hydrogens (tertiary/aromatic N) is 1. The summed E-state index contributed by atoms with van der Waals surface area (Å²) < 4.78 is 13.5. The number of piperazine rings is 1. The lowest BCUT2D eigenvalue weighted by Gasteiger charge is -2.52. The molecule has 0 amide bonds. The van der Waals surface area contributed by atoms with Crippen molar-refractivity contribution in [2.75, 3.05) is 19.6 Å². The molecule has 2 aliphatic rings. The molecule has 1 aromatic carbocycles. The fraction of sp³-hybridized carbons (Fsp3) is 0.647. The predicted molar refractivity (Wildman–Crippen MR) is 80.2 cm³/mol. The van der Waals surface area contributed by atoms with Gasteiger partial charge in [-0.25, -0.2) is 4.39 Å². The third-order valence-corrected chi connectivity index (χ3v) is 5.18. The van der Waals surface area contributed by atoms with Crippen LogP contribution in [0.3, 0.4) is 0 Å². The van der Waals surface area contributed by atoms with Gasteiger partial charge in [-0.3, -0.25) is 4.90 Å². The molecule has 0 bridgehead atoms. The molecule has 1 aromatic rings. The maximum absolute atomic E-state index is 13.5. The summed E-state index contributed by atoms with van der Waals surface area (Å²) in [6.07, 6.45) is 6.57. The van der Waals surface area contributed by atoms with Crippen molar-refractivity contribution in [3.05, 3.63) is 35.6 Å². The molecule has 0 radical (unpaired) electrons. The highest BCUT2D eigenvalue weighted by Crippen LogP contribution is 2.39. The van der Waals surface area contributed by atoms with Gasteiger partial charge in [0, 0.05) is 31.2 Å². The Labute approximate surface area is 121 Å². The van der Waals surface area contributed by atoms with Crippen LogP contribution in [0, 0.1) is 5.82 Å². The van der Waals surface area contributed by atoms with Crippen LogP contribution in [0.1, 0.15) is 50.6 Å². The summed E-state index contributed by atoms with van der Waals surface area (Å²) >= 11 is 0. The average molecular weight is 276 g/mol. The predicted octanol–water partition coefficient (Wildman–Crippen LogP) is 3.49. The highest BCUT2D eigenvalue weighted by Gasteiger charge is 2.41. The summed E-state index contributed by atoms with van der Waals surface area (Å²) in [5.74, 6) is -0.123. The van der Waals surface area contributed by atoms with Crippen LogP contribution in [0.4, 0.5) is 4.39 Å². The zero-order valence-corrected chi connectivity index (χ0v) is 12.4. The van der Waals surface area contributed by atoms with E-state index in [4.69, 9.17) is 0 Å². The molecular weight excluding hydrogens is 251 g/mol. The van der Waals surface area contributed by atoms with Gasteiger partial charge in [0.1, 0.15) is 5.82 Å². The van der Waals surface area contributed by atoms with E-state index in [9.17, 15) is 4.39 Å². The summed E-state index contributed by atoms with van der Waals surface area (Å²) in [6, 6.07) is 7.42. The summed E-state index contributed by atoms with van der Waals surface area (Å²) in [5.41, 5.74) is 1.40. The van der Waals surface area contributed by atoms with E-state index in [1.807, 2.05) is 6.07 Å². The Morgan fingerprint density at radius 2 is 2.05 bits per heavy atom. The van der Waals surface area contributed by atoms with Gasteiger partial charge in [0.15, 0.2) is 0 Å². The Bertz CT molecular complexity index is 446. The molecule has 1 N–H and O–H groups in total. The highest BCUT2D eigenvalue weighted by atomic mass is 19.1. The van der Waals surface area contributed by atoms with E-state index in [2.05, 4.69) is 23.2 Å². The fourth-order valence-corrected chi connectivity index (χ4v) is 4.08. The van der Waals surface area contributed by atoms with Gasteiger partial charge < -0.3 is 5.32 Å². The second-order valence-corrected chi connectivity index (χ2v) is 6.39. The van der Waals surface area contributed by atoms with Gasteiger partial charge in [-0.2, -0.15) is 0 Å². The zero-order valence-electron chi connectivity index (χ0n) is 12.4. The Morgan fingerprint density at radius 1 is 1.25 bits per heavy atom. The molecule has 1 aliphatic heterocycles. The lowest BCUT2D eigenvalue weighted by molar-refractivity contribution is -0.00286. The minimum atomic E-state index is -0.123. The zero-order chi connectivity index (χ0) is 14.0. The van der Waals surface area contributed by atoms with Crippen molar-refractivity contribution in [2.45, 2.75) is 50.6 Å². The standard InChI is InChI=1S/C17H25FN2/c1-14(15-6-5-7-16(18)12-15)20-11-10-19-13-17(20)8-3-2-4-9-17/h5-7,12,14,19H,2-4,8-11,13H2,1H3. The molecule has 2 nitrogen and oxygen atoms in total. The monoisotopic (exact) mass is 276 g/mol. The van der Waals surface area contributed by atoms with E-state index in [1.54, 1.807) is 6.07 Å². The highest BCUT2D eigenvalue weighted by molar-refractivity contribution is 5.21. The first kappa shape index (κ1) is 14.0. The van der Waals surface area contributed by atoms with Crippen LogP contribution < -0.4 is 5.32 Å². The second kappa shape index (κ2) is 5.82. The first-order chi connectivity index (χ1) is 9.71. The van der Waals surface area contributed by atoms with Crippen LogP contribution >= 0.6 is 0 Å². The summed E-state index contributed by atoms with van der Waals surface area (Å²) in [4.78, 5) is 2.64. The van der Waals surface area contributed by atoms with Crippen molar-refractivity contribution in [1.29, 1.82) is 0 Å². The Balaban J connectivity index is 1.85. The van der Waals surface area contributed by atoms with Crippen LogP contribution in [0.15, 0.2) is 24.3 Å². The third kappa shape index (κ3) is 2.61. The van der Waals surface area contributed by atoms with E-state index in [0.29, 0.717) is 11.6 Å². The second-order valence-electron chi connectivity index (χ2n) is 6.39. The molecule has 1 aliphatic carbocycles. The lowest BCUT2D eigenvalue weighted by atomic mass is 9.78. The number of benzene rings is 1. The van der Waals surface area contributed by atoms with Crippen molar-refractivity contribution in [3.63, 3.8) is 0 Å². The van der Waals surface area contributed by atoms with Crippen LogP contribution in [-0.2, 0) is 0 Å². The Kier molecular flexibility index (Phi) is 4.08. The van der Waals surface area contributed by atoms with Gasteiger partial charge in [0.2, 0.25) is 0 Å². The van der Waals surface area contributed by atoms with Crippen molar-refractivity contribution in [3.8, 4) is 0 Å². The molecule has 1 unspecified atom stereocenters. The van der Waals surface area contributed by atoms with Crippen molar-refractivity contribution in [1.82, 2.24) is 10.2 Å². The maximum atomic E-state index is 13.5. The molecule has 1 spiro atoms. The SMILES string of the molecule is CC(c1cccc(F)c1)N1CCNCC12CCCCC2. The number of rotatable bonds is 2. The Hall–Kier alpha value is -0.930. The molecule has 2 fully saturated rings. The first-order valence-electron chi connectivity index (χ1n) is 7.94. The normalized spacial score (nSPS) is 24.7. The van der Waals surface area contributed by atoms with Gasteiger partial charge in [-0.15, -0.1) is 0 Å². The van der Waals surface area contributed by atoms with Gasteiger partial charge in [0.25, 0.3) is 0 Å². The van der Waals surface area contributed by atoms with E-state index in [1.165, 1.54) is 38.2 Å². The van der Waals surface area contributed by atoms with Gasteiger partial charge in [0.05, 0.1) is 0 Å². The third-order valence-electron chi connectivity index (χ3n) is 5.18. The van der Waals surface area contributed by atoms with Gasteiger partial charge in [-0.05, 0) is 37.5 Å². The topological polar surface area (TPSA) is 15.3 Å². The summed E-state index contributed by atoms with van der Waals surface area (Å²) in [6.45, 7) is 5.43. The molecule has 3 heteroatoms. The van der Waals surface area contributed by atoms with E-state index in [-0.39, 0.29) is 5.82 Å². The van der Waals surface area contributed by atoms with E-state index >= 15 is 0 Å². The molecule has 3 rings (SSSR count). The van der Waals surface area contributed by atoms with Gasteiger partial charge >= 0.3 is 0 Å². The van der Waals surface area contributed by atoms with Crippen molar-refractivity contribution < 1.29 is 4.39 Å². The molecular formula is C17H25FN2. The molecule has 20 heavy (non-hydrogen) atoms. The lowest BCUT2D eigenvalue weighted by Crippen LogP contribution is -2.62. The van der Waals surface area contributed by atoms with Crippen LogP contribution in [0.2, 0.25) is 0 Å². The van der Waals surface area contributed by atoms with Crippen LogP contribution in [-0.4, -0.2) is 30.1 Å². The molecule has 110 valence electrons. The number of halogens is 1. The summed E-state index contributed by atoms with van der Waals surface area (Å²) in [5, 5.41) is 3.58. The molecule has 1 heterocycles. The van der Waals surface area contributed by atoms with Crippen LogP contribution in [0.25, 0.3) is 0 Å². The van der Waals surface area contributed by atoms with Gasteiger partial charge in [-0.1, -0.05) is 31.4 Å². The molecule has 0 aromatic heterocycles. The number of hydrogen-bond acceptors (Lipinski definition) is 2. The van der Waals surface area contributed by atoms with Crippen LogP contribution in [0.5, 0.6) is 0 Å². The molecule has 1 atom stereocenters. The Morgan fingerprint density at radius 3 is 2.80 bits per heavy atom. The number of hydrogen-bond donors (Lipinski definition) is 1. The minimum Gasteiger partial charge on any atom is -0.314 e.